The Morgan fingerprint density at radius 3 is 2.47 bits per heavy atom. The lowest BCUT2D eigenvalue weighted by atomic mass is 9.85. The number of ether oxygens (including phenoxy) is 2. The predicted octanol–water partition coefficient (Wildman–Crippen LogP) is 3.32. The quantitative estimate of drug-likeness (QED) is 0.750. The summed E-state index contributed by atoms with van der Waals surface area (Å²) in [7, 11) is 0. The van der Waals surface area contributed by atoms with E-state index in [-0.39, 0.29) is 0 Å². The van der Waals surface area contributed by atoms with Gasteiger partial charge in [-0.25, -0.2) is 9.97 Å². The molecule has 1 aliphatic heterocycles. The fourth-order valence-corrected chi connectivity index (χ4v) is 2.73. The lowest BCUT2D eigenvalue weighted by Crippen LogP contribution is -2.16. The molecule has 5 heteroatoms. The Morgan fingerprint density at radius 2 is 1.79 bits per heavy atom. The molecule has 1 aromatic heterocycles. The third-order valence-corrected chi connectivity index (χ3v) is 4.09. The van der Waals surface area contributed by atoms with Gasteiger partial charge in [-0.2, -0.15) is 0 Å². The van der Waals surface area contributed by atoms with Crippen molar-refractivity contribution in [3.8, 4) is 11.5 Å². The molecule has 1 aliphatic carbocycles. The number of nitrogens with zero attached hydrogens (tertiary/aromatic N) is 2. The highest BCUT2D eigenvalue weighted by atomic mass is 35.5. The molecule has 0 saturated heterocycles. The van der Waals surface area contributed by atoms with Gasteiger partial charge in [0.2, 0.25) is 0 Å². The van der Waals surface area contributed by atoms with Gasteiger partial charge in [0.15, 0.2) is 11.5 Å². The lowest BCUT2D eigenvalue weighted by molar-refractivity contribution is 0.172. The van der Waals surface area contributed by atoms with Crippen molar-refractivity contribution in [1.82, 2.24) is 9.97 Å². The van der Waals surface area contributed by atoms with Crippen LogP contribution in [0.25, 0.3) is 10.9 Å². The van der Waals surface area contributed by atoms with Crippen LogP contribution in [0.3, 0.4) is 0 Å². The number of hydrogen-bond donors (Lipinski definition) is 0. The van der Waals surface area contributed by atoms with E-state index in [1.807, 2.05) is 12.1 Å². The van der Waals surface area contributed by atoms with E-state index in [9.17, 15) is 0 Å². The molecule has 1 aromatic carbocycles. The van der Waals surface area contributed by atoms with Crippen LogP contribution in [0.2, 0.25) is 5.15 Å². The molecule has 0 spiro atoms. The first-order valence-corrected chi connectivity index (χ1v) is 6.96. The normalized spacial score (nSPS) is 18.4. The van der Waals surface area contributed by atoms with E-state index < -0.39 is 0 Å². The maximum absolute atomic E-state index is 6.28. The summed E-state index contributed by atoms with van der Waals surface area (Å²) in [6.07, 6.45) is 3.57. The zero-order chi connectivity index (χ0) is 12.8. The maximum atomic E-state index is 6.28. The number of aromatic nitrogens is 2. The molecule has 2 aromatic rings. The van der Waals surface area contributed by atoms with Crippen molar-refractivity contribution >= 4 is 22.5 Å². The summed E-state index contributed by atoms with van der Waals surface area (Å²) in [5.74, 6) is 2.80. The minimum absolute atomic E-state index is 0.468. The van der Waals surface area contributed by atoms with Gasteiger partial charge in [0.25, 0.3) is 0 Å². The van der Waals surface area contributed by atoms with Gasteiger partial charge in [0, 0.05) is 17.4 Å². The molecule has 0 amide bonds. The molecular weight excluding hydrogens is 264 g/mol. The highest BCUT2D eigenvalue weighted by Crippen LogP contribution is 2.39. The molecule has 0 unspecified atom stereocenters. The van der Waals surface area contributed by atoms with E-state index in [4.69, 9.17) is 21.1 Å². The van der Waals surface area contributed by atoms with Crippen molar-refractivity contribution in [2.75, 3.05) is 13.2 Å². The Morgan fingerprint density at radius 1 is 1.05 bits per heavy atom. The highest BCUT2D eigenvalue weighted by Gasteiger charge is 2.24. The third kappa shape index (κ3) is 1.82. The fourth-order valence-electron chi connectivity index (χ4n) is 2.49. The molecule has 0 atom stereocenters. The van der Waals surface area contributed by atoms with Gasteiger partial charge in [-0.3, -0.25) is 0 Å². The second-order valence-corrected chi connectivity index (χ2v) is 5.37. The van der Waals surface area contributed by atoms with Crippen molar-refractivity contribution in [3.05, 3.63) is 23.1 Å². The van der Waals surface area contributed by atoms with Crippen molar-refractivity contribution < 1.29 is 9.47 Å². The van der Waals surface area contributed by atoms with E-state index in [2.05, 4.69) is 9.97 Å². The zero-order valence-corrected chi connectivity index (χ0v) is 11.1. The molecule has 0 N–H and O–H groups in total. The van der Waals surface area contributed by atoms with Crippen LogP contribution >= 0.6 is 11.6 Å². The molecule has 2 heterocycles. The van der Waals surface area contributed by atoms with Gasteiger partial charge >= 0.3 is 0 Å². The molecule has 98 valence electrons. The first-order chi connectivity index (χ1) is 9.31. The zero-order valence-electron chi connectivity index (χ0n) is 10.4. The minimum atomic E-state index is 0.468. The summed E-state index contributed by atoms with van der Waals surface area (Å²) in [5.41, 5.74) is 0.839. The van der Waals surface area contributed by atoms with Crippen molar-refractivity contribution in [1.29, 1.82) is 0 Å². The number of rotatable bonds is 1. The molecular formula is C14H13ClN2O2. The van der Waals surface area contributed by atoms with Gasteiger partial charge in [-0.05, 0) is 18.9 Å². The second-order valence-electron chi connectivity index (χ2n) is 5.01. The van der Waals surface area contributed by atoms with Crippen LogP contribution in [0.15, 0.2) is 12.1 Å². The summed E-state index contributed by atoms with van der Waals surface area (Å²) < 4.78 is 11.1. The summed E-state index contributed by atoms with van der Waals surface area (Å²) in [6, 6.07) is 3.77. The number of fused-ring (bicyclic) bond motifs is 2. The van der Waals surface area contributed by atoms with Crippen molar-refractivity contribution in [2.24, 2.45) is 0 Å². The Bertz CT molecular complexity index is 655. The van der Waals surface area contributed by atoms with Gasteiger partial charge in [0.1, 0.15) is 24.2 Å². The van der Waals surface area contributed by atoms with Crippen LogP contribution < -0.4 is 9.47 Å². The average molecular weight is 277 g/mol. The van der Waals surface area contributed by atoms with Crippen LogP contribution in [0.5, 0.6) is 11.5 Å². The van der Waals surface area contributed by atoms with E-state index in [1.54, 1.807) is 0 Å². The molecule has 4 rings (SSSR count). The van der Waals surface area contributed by atoms with Crippen LogP contribution in [-0.4, -0.2) is 23.2 Å². The Balaban J connectivity index is 1.89. The van der Waals surface area contributed by atoms with E-state index in [0.29, 0.717) is 24.3 Å². The van der Waals surface area contributed by atoms with Crippen LogP contribution in [0, 0.1) is 0 Å². The van der Waals surface area contributed by atoms with Gasteiger partial charge in [-0.1, -0.05) is 18.0 Å². The highest BCUT2D eigenvalue weighted by molar-refractivity contribution is 6.34. The van der Waals surface area contributed by atoms with E-state index >= 15 is 0 Å². The summed E-state index contributed by atoms with van der Waals surface area (Å²) in [6.45, 7) is 1.14. The predicted molar refractivity (Wildman–Crippen MR) is 72.1 cm³/mol. The number of hydrogen-bond acceptors (Lipinski definition) is 4. The SMILES string of the molecule is Clc1nc(C2CCC2)nc2cc3c(cc12)OCCO3. The second kappa shape index (κ2) is 4.23. The molecule has 2 aliphatic rings. The smallest absolute Gasteiger partial charge is 0.163 e. The molecule has 19 heavy (non-hydrogen) atoms. The molecule has 4 nitrogen and oxygen atoms in total. The van der Waals surface area contributed by atoms with Crippen molar-refractivity contribution in [3.63, 3.8) is 0 Å². The van der Waals surface area contributed by atoms with Gasteiger partial charge in [-0.15, -0.1) is 0 Å². The van der Waals surface area contributed by atoms with E-state index in [0.717, 1.165) is 41.1 Å². The summed E-state index contributed by atoms with van der Waals surface area (Å²) in [4.78, 5) is 9.07. The number of halogens is 1. The molecule has 1 fully saturated rings. The van der Waals surface area contributed by atoms with Crippen LogP contribution in [-0.2, 0) is 0 Å². The molecule has 0 radical (unpaired) electrons. The van der Waals surface area contributed by atoms with Gasteiger partial charge in [0.05, 0.1) is 5.52 Å². The van der Waals surface area contributed by atoms with Crippen LogP contribution in [0.1, 0.15) is 31.0 Å². The fraction of sp³-hybridized carbons (Fsp3) is 0.429. The van der Waals surface area contributed by atoms with Gasteiger partial charge < -0.3 is 9.47 Å². The standard InChI is InChI=1S/C14H13ClN2O2/c15-13-9-6-11-12(19-5-4-18-11)7-10(9)16-14(17-13)8-2-1-3-8/h6-8H,1-5H2. The molecule has 1 saturated carbocycles. The average Bonchev–Trinajstić information content (AvgIpc) is 2.35. The van der Waals surface area contributed by atoms with E-state index in [1.165, 1.54) is 6.42 Å². The van der Waals surface area contributed by atoms with Crippen molar-refractivity contribution in [2.45, 2.75) is 25.2 Å². The Labute approximate surface area is 115 Å². The third-order valence-electron chi connectivity index (χ3n) is 3.80. The lowest BCUT2D eigenvalue weighted by Gasteiger charge is -2.24. The summed E-state index contributed by atoms with van der Waals surface area (Å²) >= 11 is 6.28. The first kappa shape index (κ1) is 11.3. The monoisotopic (exact) mass is 276 g/mol. The largest absolute Gasteiger partial charge is 0.486 e. The molecule has 0 bridgehead atoms. The minimum Gasteiger partial charge on any atom is -0.486 e. The topological polar surface area (TPSA) is 44.2 Å². The summed E-state index contributed by atoms with van der Waals surface area (Å²) in [5, 5.41) is 1.33. The maximum Gasteiger partial charge on any atom is 0.163 e. The first-order valence-electron chi connectivity index (χ1n) is 6.58. The van der Waals surface area contributed by atoms with Crippen LogP contribution in [0.4, 0.5) is 0 Å². The Kier molecular flexibility index (Phi) is 2.52. The number of benzene rings is 1. The Hall–Kier alpha value is -1.55.